The van der Waals surface area contributed by atoms with Gasteiger partial charge in [-0.25, -0.2) is 4.98 Å². The van der Waals surface area contributed by atoms with E-state index in [0.29, 0.717) is 17.0 Å². The number of carbonyl (C=O) groups excluding carboxylic acids is 2. The van der Waals surface area contributed by atoms with Crippen molar-refractivity contribution < 1.29 is 23.8 Å². The molecule has 1 unspecified atom stereocenters. The van der Waals surface area contributed by atoms with Crippen LogP contribution in [0, 0.1) is 13.8 Å². The number of methoxy groups -OCH3 is 1. The number of amides is 1. The third kappa shape index (κ3) is 3.34. The number of nitrogens with zero attached hydrogens (tertiary/aromatic N) is 2. The molecule has 8 nitrogen and oxygen atoms in total. The van der Waals surface area contributed by atoms with Crippen LogP contribution in [0.1, 0.15) is 28.5 Å². The van der Waals surface area contributed by atoms with Crippen molar-refractivity contribution in [1.82, 2.24) is 9.97 Å². The van der Waals surface area contributed by atoms with E-state index < -0.39 is 17.7 Å². The number of hydrogen-bond acceptors (Lipinski definition) is 6. The smallest absolute Gasteiger partial charge is 0.302 e. The van der Waals surface area contributed by atoms with Crippen molar-refractivity contribution in [1.29, 1.82) is 0 Å². The normalized spacial score (nSPS) is 17.6. The van der Waals surface area contributed by atoms with Crippen molar-refractivity contribution in [2.75, 3.05) is 12.0 Å². The van der Waals surface area contributed by atoms with Crippen molar-refractivity contribution in [3.8, 4) is 5.75 Å². The van der Waals surface area contributed by atoms with Gasteiger partial charge in [-0.15, -0.1) is 0 Å². The van der Waals surface area contributed by atoms with E-state index in [1.54, 1.807) is 24.3 Å². The Morgan fingerprint density at radius 2 is 1.94 bits per heavy atom. The van der Waals surface area contributed by atoms with Crippen LogP contribution in [0.5, 0.6) is 5.75 Å². The molecule has 1 atom stereocenters. The zero-order valence-corrected chi connectivity index (χ0v) is 19.3. The lowest BCUT2D eigenvalue weighted by Crippen LogP contribution is -2.30. The zero-order chi connectivity index (χ0) is 24.1. The van der Waals surface area contributed by atoms with Crippen LogP contribution in [-0.4, -0.2) is 33.9 Å². The highest BCUT2D eigenvalue weighted by Crippen LogP contribution is 2.42. The quantitative estimate of drug-likeness (QED) is 0.241. The summed E-state index contributed by atoms with van der Waals surface area (Å²) >= 11 is 6.22. The lowest BCUT2D eigenvalue weighted by atomic mass is 9.99. The SMILES string of the molecule is COc1ccc(/C(O)=C2\C(=O)C(=O)N(c3nc4cc(C)c(C)cc4[nH]3)C2c2ccco2)cc1Cl. The number of aliphatic hydroxyl groups is 1. The van der Waals surface area contributed by atoms with E-state index in [2.05, 4.69) is 9.97 Å². The van der Waals surface area contributed by atoms with Crippen LogP contribution in [-0.2, 0) is 9.59 Å². The summed E-state index contributed by atoms with van der Waals surface area (Å²) in [6.07, 6.45) is 1.44. The molecule has 1 saturated heterocycles. The number of imidazole rings is 1. The number of halogens is 1. The number of benzene rings is 2. The molecule has 3 heterocycles. The summed E-state index contributed by atoms with van der Waals surface area (Å²) in [7, 11) is 1.47. The second-order valence-electron chi connectivity index (χ2n) is 8.05. The number of aryl methyl sites for hydroxylation is 2. The van der Waals surface area contributed by atoms with Gasteiger partial charge in [-0.1, -0.05) is 11.6 Å². The number of hydrogen-bond donors (Lipinski definition) is 2. The molecule has 2 aromatic carbocycles. The lowest BCUT2D eigenvalue weighted by molar-refractivity contribution is -0.132. The van der Waals surface area contributed by atoms with Gasteiger partial charge in [-0.3, -0.25) is 14.5 Å². The number of fused-ring (bicyclic) bond motifs is 1. The maximum atomic E-state index is 13.2. The van der Waals surface area contributed by atoms with Crippen molar-refractivity contribution in [3.05, 3.63) is 81.8 Å². The Labute approximate surface area is 199 Å². The molecule has 172 valence electrons. The van der Waals surface area contributed by atoms with E-state index in [1.165, 1.54) is 24.3 Å². The monoisotopic (exact) mass is 477 g/mol. The van der Waals surface area contributed by atoms with Crippen LogP contribution >= 0.6 is 11.6 Å². The predicted molar refractivity (Wildman–Crippen MR) is 127 cm³/mol. The van der Waals surface area contributed by atoms with Gasteiger partial charge in [0.05, 0.1) is 35.0 Å². The van der Waals surface area contributed by atoms with Gasteiger partial charge in [-0.2, -0.15) is 0 Å². The number of rotatable bonds is 4. The molecule has 1 aliphatic heterocycles. The molecule has 5 rings (SSSR count). The fourth-order valence-corrected chi connectivity index (χ4v) is 4.36. The first-order valence-electron chi connectivity index (χ1n) is 10.5. The van der Waals surface area contributed by atoms with Gasteiger partial charge < -0.3 is 19.2 Å². The number of ketones is 1. The maximum Gasteiger partial charge on any atom is 0.302 e. The Hall–Kier alpha value is -4.04. The Balaban J connectivity index is 1.70. The van der Waals surface area contributed by atoms with Gasteiger partial charge in [0, 0.05) is 5.56 Å². The third-order valence-corrected chi connectivity index (χ3v) is 6.29. The summed E-state index contributed by atoms with van der Waals surface area (Å²) in [4.78, 5) is 35.3. The molecule has 2 aromatic heterocycles. The molecule has 1 aliphatic rings. The predicted octanol–water partition coefficient (Wildman–Crippen LogP) is 5.06. The van der Waals surface area contributed by atoms with E-state index in [1.807, 2.05) is 26.0 Å². The molecule has 0 bridgehead atoms. The number of Topliss-reactive ketones (excluding diaryl/α,β-unsaturated/α-hetero) is 1. The number of aromatic nitrogens is 2. The number of aromatic amines is 1. The van der Waals surface area contributed by atoms with E-state index >= 15 is 0 Å². The molecule has 0 spiro atoms. The molecule has 4 aromatic rings. The first kappa shape index (κ1) is 21.8. The summed E-state index contributed by atoms with van der Waals surface area (Å²) in [5, 5.41) is 11.4. The van der Waals surface area contributed by atoms with Crippen LogP contribution in [0.15, 0.2) is 58.7 Å². The lowest BCUT2D eigenvalue weighted by Gasteiger charge is -2.20. The molecule has 9 heteroatoms. The molecule has 0 radical (unpaired) electrons. The topological polar surface area (TPSA) is 109 Å². The standard InChI is InChI=1S/C25H20ClN3O5/c1-12-9-16-17(10-13(12)2)28-25(27-16)29-21(19-5-4-8-34-19)20(23(31)24(29)32)22(30)14-6-7-18(33-3)15(26)11-14/h4-11,21,30H,1-3H3,(H,27,28)/b22-20+. The maximum absolute atomic E-state index is 13.2. The largest absolute Gasteiger partial charge is 0.507 e. The number of furan rings is 1. The van der Waals surface area contributed by atoms with Gasteiger partial charge in [0.15, 0.2) is 0 Å². The van der Waals surface area contributed by atoms with Crippen molar-refractivity contribution in [2.45, 2.75) is 19.9 Å². The number of aliphatic hydroxyl groups excluding tert-OH is 1. The zero-order valence-electron chi connectivity index (χ0n) is 18.5. The summed E-state index contributed by atoms with van der Waals surface area (Å²) in [5.41, 5.74) is 3.61. The molecule has 0 saturated carbocycles. The summed E-state index contributed by atoms with van der Waals surface area (Å²) in [5.74, 6) is -1.19. The molecule has 1 fully saturated rings. The average Bonchev–Trinajstić information content (AvgIpc) is 3.53. The van der Waals surface area contributed by atoms with Crippen LogP contribution in [0.3, 0.4) is 0 Å². The van der Waals surface area contributed by atoms with Crippen LogP contribution in [0.4, 0.5) is 5.95 Å². The molecule has 2 N–H and O–H groups in total. The molecule has 0 aliphatic carbocycles. The van der Waals surface area contributed by atoms with Crippen LogP contribution < -0.4 is 9.64 Å². The fraction of sp³-hybridized carbons (Fsp3) is 0.160. The van der Waals surface area contributed by atoms with Crippen LogP contribution in [0.2, 0.25) is 5.02 Å². The van der Waals surface area contributed by atoms with Crippen molar-refractivity contribution in [2.24, 2.45) is 0 Å². The molecule has 1 amide bonds. The summed E-state index contributed by atoms with van der Waals surface area (Å²) < 4.78 is 10.7. The van der Waals surface area contributed by atoms with Crippen molar-refractivity contribution >= 4 is 46.0 Å². The molecule has 34 heavy (non-hydrogen) atoms. The number of H-pyrrole nitrogens is 1. The average molecular weight is 478 g/mol. The van der Waals surface area contributed by atoms with Gasteiger partial charge >= 0.3 is 5.91 Å². The summed E-state index contributed by atoms with van der Waals surface area (Å²) in [6.45, 7) is 3.95. The van der Waals surface area contributed by atoms with E-state index in [4.69, 9.17) is 20.8 Å². The minimum Gasteiger partial charge on any atom is -0.507 e. The third-order valence-electron chi connectivity index (χ3n) is 6.00. The number of ether oxygens (including phenoxy) is 1. The minimum absolute atomic E-state index is 0.131. The first-order valence-corrected chi connectivity index (χ1v) is 10.8. The number of carbonyl (C=O) groups is 2. The highest BCUT2D eigenvalue weighted by atomic mass is 35.5. The Bertz CT molecular complexity index is 1450. The Kier molecular flexibility index (Phi) is 5.17. The Morgan fingerprint density at radius 1 is 1.18 bits per heavy atom. The van der Waals surface area contributed by atoms with Gasteiger partial charge in [0.2, 0.25) is 5.95 Å². The van der Waals surface area contributed by atoms with E-state index in [9.17, 15) is 14.7 Å². The second-order valence-corrected chi connectivity index (χ2v) is 8.46. The highest BCUT2D eigenvalue weighted by molar-refractivity contribution is 6.51. The number of nitrogens with one attached hydrogen (secondary N) is 1. The van der Waals surface area contributed by atoms with E-state index in [-0.39, 0.29) is 27.9 Å². The highest BCUT2D eigenvalue weighted by Gasteiger charge is 2.49. The second kappa shape index (κ2) is 8.07. The first-order chi connectivity index (χ1) is 16.3. The number of anilines is 1. The van der Waals surface area contributed by atoms with Gasteiger partial charge in [0.1, 0.15) is 23.3 Å². The Morgan fingerprint density at radius 3 is 2.62 bits per heavy atom. The van der Waals surface area contributed by atoms with Gasteiger partial charge in [0.25, 0.3) is 5.78 Å². The molecular formula is C25H20ClN3O5. The minimum atomic E-state index is -1.03. The molecular weight excluding hydrogens is 458 g/mol. The van der Waals surface area contributed by atoms with Crippen LogP contribution in [0.25, 0.3) is 16.8 Å². The summed E-state index contributed by atoms with van der Waals surface area (Å²) in [6, 6.07) is 10.7. The van der Waals surface area contributed by atoms with Crippen molar-refractivity contribution in [3.63, 3.8) is 0 Å². The fourth-order valence-electron chi connectivity index (χ4n) is 4.11. The van der Waals surface area contributed by atoms with E-state index in [0.717, 1.165) is 16.6 Å². The van der Waals surface area contributed by atoms with Gasteiger partial charge in [-0.05, 0) is 67.4 Å².